The molecule has 0 amide bonds. The fourth-order valence-corrected chi connectivity index (χ4v) is 4.32. The van der Waals surface area contributed by atoms with E-state index in [1.807, 2.05) is 23.1 Å². The Morgan fingerprint density at radius 2 is 1.93 bits per heavy atom. The first-order valence-electron chi connectivity index (χ1n) is 8.83. The summed E-state index contributed by atoms with van der Waals surface area (Å²) in [7, 11) is 1.92. The molecule has 140 valence electrons. The molecule has 0 saturated carbocycles. The number of nitrogens with zero attached hydrogens (tertiary/aromatic N) is 3. The van der Waals surface area contributed by atoms with Crippen molar-refractivity contribution in [1.29, 1.82) is 5.26 Å². The Bertz CT molecular complexity index is 1410. The third kappa shape index (κ3) is 2.50. The van der Waals surface area contributed by atoms with Crippen LogP contribution in [0.2, 0.25) is 0 Å². The lowest BCUT2D eigenvalue weighted by Gasteiger charge is -2.00. The van der Waals surface area contributed by atoms with Gasteiger partial charge in [0.15, 0.2) is 17.1 Å². The number of furan rings is 1. The Labute approximate surface area is 169 Å². The van der Waals surface area contributed by atoms with Gasteiger partial charge in [-0.25, -0.2) is 4.98 Å². The number of aromatic nitrogens is 2. The number of hydrogen-bond donors (Lipinski definition) is 0. The van der Waals surface area contributed by atoms with Crippen LogP contribution >= 0.6 is 11.3 Å². The normalized spacial score (nSPS) is 14.7. The van der Waals surface area contributed by atoms with Crippen molar-refractivity contribution in [2.75, 3.05) is 0 Å². The number of thiazole rings is 1. The summed E-state index contributed by atoms with van der Waals surface area (Å²) < 4.78 is 7.84. The summed E-state index contributed by atoms with van der Waals surface area (Å²) in [5.41, 5.74) is 4.16. The van der Waals surface area contributed by atoms with Crippen LogP contribution in [0.5, 0.6) is 0 Å². The maximum atomic E-state index is 12.8. The third-order valence-electron chi connectivity index (χ3n) is 5.15. The van der Waals surface area contributed by atoms with Gasteiger partial charge in [-0.1, -0.05) is 0 Å². The lowest BCUT2D eigenvalue weighted by atomic mass is 10.0. The van der Waals surface area contributed by atoms with Crippen LogP contribution in [0, 0.1) is 18.3 Å². The molecule has 0 spiro atoms. The predicted molar refractivity (Wildman–Crippen MR) is 109 cm³/mol. The molecule has 3 aromatic heterocycles. The topological polar surface area (TPSA) is 88.9 Å². The Hall–Kier alpha value is -3.76. The number of hydrogen-bond acceptors (Lipinski definition) is 6. The zero-order chi connectivity index (χ0) is 20.3. The Balaban J connectivity index is 1.57. The molecule has 0 atom stereocenters. The third-order valence-corrected chi connectivity index (χ3v) is 5.95. The molecule has 0 aliphatic heterocycles. The van der Waals surface area contributed by atoms with E-state index in [-0.39, 0.29) is 22.7 Å². The highest BCUT2D eigenvalue weighted by atomic mass is 32.1. The summed E-state index contributed by atoms with van der Waals surface area (Å²) in [5, 5.41) is 12.0. The molecule has 1 aliphatic rings. The molecule has 1 aliphatic carbocycles. The first-order chi connectivity index (χ1) is 14.0. The van der Waals surface area contributed by atoms with Gasteiger partial charge in [0.05, 0.1) is 28.4 Å². The summed E-state index contributed by atoms with van der Waals surface area (Å²) in [6, 6.07) is 8.84. The number of Topliss-reactive ketones (excluding diaryl/α,β-unsaturated/α-hetero) is 2. The van der Waals surface area contributed by atoms with E-state index in [0.717, 1.165) is 16.2 Å². The second kappa shape index (κ2) is 6.12. The van der Waals surface area contributed by atoms with E-state index in [1.54, 1.807) is 25.3 Å². The Kier molecular flexibility index (Phi) is 3.66. The molecule has 0 bridgehead atoms. The van der Waals surface area contributed by atoms with Crippen molar-refractivity contribution in [3.63, 3.8) is 0 Å². The second-order valence-corrected chi connectivity index (χ2v) is 7.76. The number of ketones is 2. The van der Waals surface area contributed by atoms with E-state index in [4.69, 9.17) is 4.42 Å². The number of carbonyl (C=O) groups is 2. The second-order valence-electron chi connectivity index (χ2n) is 6.86. The zero-order valence-corrected chi connectivity index (χ0v) is 16.3. The molecule has 3 heterocycles. The molecular formula is C22H13N3O3S. The van der Waals surface area contributed by atoms with Crippen LogP contribution in [-0.4, -0.2) is 21.1 Å². The quantitative estimate of drug-likeness (QED) is 0.365. The number of allylic oxidation sites excluding steroid dienone is 1. The van der Waals surface area contributed by atoms with Crippen LogP contribution in [-0.2, 0) is 7.05 Å². The summed E-state index contributed by atoms with van der Waals surface area (Å²) in [6.45, 7) is 1.75. The monoisotopic (exact) mass is 399 g/mol. The molecule has 7 heteroatoms. The van der Waals surface area contributed by atoms with Crippen molar-refractivity contribution in [3.8, 4) is 16.8 Å². The van der Waals surface area contributed by atoms with Gasteiger partial charge < -0.3 is 8.98 Å². The minimum absolute atomic E-state index is 0.0497. The van der Waals surface area contributed by atoms with E-state index in [1.165, 1.54) is 23.5 Å². The van der Waals surface area contributed by atoms with Crippen molar-refractivity contribution >= 4 is 40.1 Å². The highest BCUT2D eigenvalue weighted by Crippen LogP contribution is 2.33. The fraction of sp³-hybridized carbons (Fsp3) is 0.0909. The molecule has 5 rings (SSSR count). The summed E-state index contributed by atoms with van der Waals surface area (Å²) in [4.78, 5) is 29.9. The van der Waals surface area contributed by atoms with Crippen LogP contribution in [0.4, 0.5) is 0 Å². The van der Waals surface area contributed by atoms with Gasteiger partial charge in [0, 0.05) is 41.9 Å². The van der Waals surface area contributed by atoms with Crippen LogP contribution < -0.4 is 0 Å². The van der Waals surface area contributed by atoms with Crippen LogP contribution in [0.15, 0.2) is 45.8 Å². The number of fused-ring (bicyclic) bond motifs is 2. The van der Waals surface area contributed by atoms with Gasteiger partial charge in [0.1, 0.15) is 10.8 Å². The maximum absolute atomic E-state index is 12.8. The van der Waals surface area contributed by atoms with Crippen molar-refractivity contribution in [1.82, 2.24) is 9.55 Å². The lowest BCUT2D eigenvalue weighted by molar-refractivity contribution is 0.0990. The van der Waals surface area contributed by atoms with Crippen molar-refractivity contribution < 1.29 is 14.0 Å². The number of nitriles is 1. The molecule has 0 radical (unpaired) electrons. The van der Waals surface area contributed by atoms with E-state index < -0.39 is 0 Å². The largest absolute Gasteiger partial charge is 0.455 e. The first kappa shape index (κ1) is 17.3. The van der Waals surface area contributed by atoms with E-state index in [2.05, 4.69) is 11.1 Å². The standard InChI is InChI=1S/C22H13N3O3S/c1-11-5-14-15(6-12(11)10-23)21(27)16(20(14)26)7-13-8-17-19(28-13)9-18(25(17)2)22-24-3-4-29-22/h3-9H,1-2H3/b16-7+. The number of carbonyl (C=O) groups excluding carboxylic acids is 2. The van der Waals surface area contributed by atoms with Crippen LogP contribution in [0.1, 0.15) is 37.6 Å². The van der Waals surface area contributed by atoms with Crippen LogP contribution in [0.25, 0.3) is 27.9 Å². The van der Waals surface area contributed by atoms with E-state index in [0.29, 0.717) is 28.0 Å². The maximum Gasteiger partial charge on any atom is 0.197 e. The van der Waals surface area contributed by atoms with Gasteiger partial charge in [-0.05, 0) is 30.7 Å². The molecule has 0 unspecified atom stereocenters. The van der Waals surface area contributed by atoms with Crippen LogP contribution in [0.3, 0.4) is 0 Å². The Morgan fingerprint density at radius 3 is 2.59 bits per heavy atom. The van der Waals surface area contributed by atoms with Gasteiger partial charge in [-0.3, -0.25) is 9.59 Å². The average molecular weight is 399 g/mol. The molecule has 0 fully saturated rings. The molecule has 1 aromatic carbocycles. The number of aryl methyl sites for hydroxylation is 2. The summed E-state index contributed by atoms with van der Waals surface area (Å²) >= 11 is 1.54. The van der Waals surface area contributed by atoms with Gasteiger partial charge in [-0.15, -0.1) is 11.3 Å². The molecule has 0 saturated heterocycles. The van der Waals surface area contributed by atoms with Gasteiger partial charge in [-0.2, -0.15) is 5.26 Å². The number of benzene rings is 1. The van der Waals surface area contributed by atoms with Gasteiger partial charge in [0.25, 0.3) is 0 Å². The SMILES string of the molecule is Cc1cc2c(cc1C#N)C(=O)/C(=C/c1cc3c(cc(-c4nccs4)n3C)o1)C2=O. The number of rotatable bonds is 2. The minimum atomic E-state index is -0.384. The van der Waals surface area contributed by atoms with Crippen molar-refractivity contribution in [2.24, 2.45) is 7.05 Å². The Morgan fingerprint density at radius 1 is 1.17 bits per heavy atom. The summed E-state index contributed by atoms with van der Waals surface area (Å²) in [5.74, 6) is -0.301. The molecule has 6 nitrogen and oxygen atoms in total. The van der Waals surface area contributed by atoms with Gasteiger partial charge in [0.2, 0.25) is 0 Å². The minimum Gasteiger partial charge on any atom is -0.455 e. The highest BCUT2D eigenvalue weighted by Gasteiger charge is 2.34. The molecule has 29 heavy (non-hydrogen) atoms. The van der Waals surface area contributed by atoms with Crippen molar-refractivity contribution in [3.05, 3.63) is 69.4 Å². The predicted octanol–water partition coefficient (Wildman–Crippen LogP) is 4.54. The zero-order valence-electron chi connectivity index (χ0n) is 15.5. The molecular weight excluding hydrogens is 386 g/mol. The lowest BCUT2D eigenvalue weighted by Crippen LogP contribution is -1.99. The average Bonchev–Trinajstić information content (AvgIpc) is 3.46. The van der Waals surface area contributed by atoms with E-state index >= 15 is 0 Å². The first-order valence-corrected chi connectivity index (χ1v) is 9.71. The van der Waals surface area contributed by atoms with Gasteiger partial charge >= 0.3 is 0 Å². The van der Waals surface area contributed by atoms with E-state index in [9.17, 15) is 14.9 Å². The fourth-order valence-electron chi connectivity index (χ4n) is 3.63. The summed E-state index contributed by atoms with van der Waals surface area (Å²) in [6.07, 6.45) is 3.23. The van der Waals surface area contributed by atoms with Crippen molar-refractivity contribution in [2.45, 2.75) is 6.92 Å². The molecule has 0 N–H and O–H groups in total. The highest BCUT2D eigenvalue weighted by molar-refractivity contribution is 7.13. The smallest absolute Gasteiger partial charge is 0.197 e. The molecule has 4 aromatic rings.